The second kappa shape index (κ2) is 31.6. The Labute approximate surface area is 433 Å². The van der Waals surface area contributed by atoms with Gasteiger partial charge in [-0.1, -0.05) is 66.5 Å². The zero-order valence-electron chi connectivity index (χ0n) is 43.3. The molecule has 0 saturated heterocycles. The van der Waals surface area contributed by atoms with Crippen molar-refractivity contribution in [2.45, 2.75) is 155 Å². The molecule has 0 aromatic heterocycles. The molecule has 0 saturated carbocycles. The first-order valence-electron chi connectivity index (χ1n) is 24.2. The molecule has 0 aliphatic heterocycles. The zero-order chi connectivity index (χ0) is 57.4. The molecule has 1 aromatic rings. The number of carboxylic acids is 2. The molecule has 0 aliphatic carbocycles. The number of amides is 11. The number of nitrogens with one attached hydrogen (secondary N) is 9. The SMILES string of the molecule is CCC(C)[C@H](NC(=O)[C@H](C)NC(=O)[C@H](C)NC(=O)[C@H](CCC(N)=O)NC(=O)[C@@H](N)C(C)C)C(=O)N[C@@H](CC(=O)O)C(=O)N[C@@H](Cc1ccc(O)cc1)C(=O)N[C@H](C(=O)N[C@@H](CC(N)=O)C(=O)NCC(=O)O)C(C)CC. The lowest BCUT2D eigenvalue weighted by Gasteiger charge is -2.29. The standard InChI is InChI=1S/C47H74N12O16/c1-9-22(5)37(58-40(68)25(8)52-39(67)24(7)53-42(70)28(15-16-32(48)61)54-45(73)36(50)21(3)4)46(74)57-31(19-34(63)64)43(71)55-29(17-26-11-13-27(60)14-12-26)44(72)59-38(23(6)10-2)47(75)56-30(18-33(49)62)41(69)51-20-35(65)66/h11-14,21-25,28-31,36-38,60H,9-10,15-20,50H2,1-8H3,(H2,48,61)(H2,49,62)(H,51,69)(H,52,67)(H,53,70)(H,54,73)(H,55,71)(H,56,75)(H,57,74)(H,58,68)(H,59,72)(H,63,64)(H,65,66)/t22?,23?,24-,25-,28-,29-,30-,31-,36-,37-,38-/m0/s1. The number of phenols is 1. The molecule has 11 atom stereocenters. The summed E-state index contributed by atoms with van der Waals surface area (Å²) in [6, 6.07) is -7.84. The summed E-state index contributed by atoms with van der Waals surface area (Å²) in [5.41, 5.74) is 16.7. The Kier molecular flexibility index (Phi) is 27.5. The Balaban J connectivity index is 3.42. The first-order chi connectivity index (χ1) is 34.9. The molecule has 0 heterocycles. The molecule has 75 heavy (non-hydrogen) atoms. The minimum Gasteiger partial charge on any atom is -0.508 e. The number of nitrogens with two attached hydrogens (primary N) is 3. The number of benzene rings is 1. The highest BCUT2D eigenvalue weighted by Gasteiger charge is 2.37. The normalized spacial score (nSPS) is 15.4. The van der Waals surface area contributed by atoms with Gasteiger partial charge in [0.05, 0.1) is 18.9 Å². The van der Waals surface area contributed by atoms with Gasteiger partial charge in [0.1, 0.15) is 60.6 Å². The van der Waals surface area contributed by atoms with Crippen molar-refractivity contribution in [3.8, 4) is 5.75 Å². The third kappa shape index (κ3) is 23.2. The summed E-state index contributed by atoms with van der Waals surface area (Å²) in [4.78, 5) is 168. The summed E-state index contributed by atoms with van der Waals surface area (Å²) >= 11 is 0. The maximum atomic E-state index is 14.2. The fraction of sp³-hybridized carbons (Fsp3) is 0.596. The van der Waals surface area contributed by atoms with E-state index in [-0.39, 0.29) is 43.8 Å². The molecule has 0 radical (unpaired) electrons. The van der Waals surface area contributed by atoms with Crippen molar-refractivity contribution >= 4 is 76.9 Å². The van der Waals surface area contributed by atoms with Crippen LogP contribution < -0.4 is 65.1 Å². The Hall–Kier alpha value is -7.91. The predicted molar refractivity (Wildman–Crippen MR) is 265 cm³/mol. The van der Waals surface area contributed by atoms with Crippen LogP contribution >= 0.6 is 0 Å². The molecule has 28 heteroatoms. The number of carbonyl (C=O) groups is 13. The van der Waals surface area contributed by atoms with Crippen molar-refractivity contribution in [1.29, 1.82) is 0 Å². The van der Waals surface area contributed by atoms with Gasteiger partial charge in [0.15, 0.2) is 0 Å². The van der Waals surface area contributed by atoms with Crippen molar-refractivity contribution < 1.29 is 77.6 Å². The van der Waals surface area contributed by atoms with Crippen molar-refractivity contribution in [3.63, 3.8) is 0 Å². The summed E-state index contributed by atoms with van der Waals surface area (Å²) in [7, 11) is 0. The van der Waals surface area contributed by atoms with Crippen molar-refractivity contribution in [2.75, 3.05) is 6.54 Å². The van der Waals surface area contributed by atoms with Crippen LogP contribution in [0.3, 0.4) is 0 Å². The summed E-state index contributed by atoms with van der Waals surface area (Å²) in [6.45, 7) is 11.4. The molecule has 28 nitrogen and oxygen atoms in total. The van der Waals surface area contributed by atoms with E-state index < -0.39 is 163 Å². The maximum Gasteiger partial charge on any atom is 0.322 e. The van der Waals surface area contributed by atoms with Gasteiger partial charge in [-0.05, 0) is 55.7 Å². The molecule has 0 bridgehead atoms. The van der Waals surface area contributed by atoms with Gasteiger partial charge in [-0.15, -0.1) is 0 Å². The van der Waals surface area contributed by atoms with Crippen molar-refractivity contribution in [1.82, 2.24) is 47.9 Å². The molecule has 418 valence electrons. The lowest BCUT2D eigenvalue weighted by Crippen LogP contribution is -2.62. The van der Waals surface area contributed by atoms with Crippen LogP contribution in [0.1, 0.15) is 99.5 Å². The summed E-state index contributed by atoms with van der Waals surface area (Å²) in [5.74, 6) is -15.4. The molecule has 1 rings (SSSR count). The van der Waals surface area contributed by atoms with E-state index in [0.29, 0.717) is 5.56 Å². The van der Waals surface area contributed by atoms with Crippen LogP contribution in [-0.4, -0.2) is 153 Å². The molecule has 0 fully saturated rings. The van der Waals surface area contributed by atoms with E-state index in [1.165, 1.54) is 38.1 Å². The van der Waals surface area contributed by atoms with E-state index in [9.17, 15) is 72.5 Å². The van der Waals surface area contributed by atoms with Crippen molar-refractivity contribution in [3.05, 3.63) is 29.8 Å². The average molecular weight is 1060 g/mol. The summed E-state index contributed by atoms with van der Waals surface area (Å²) < 4.78 is 0. The van der Waals surface area contributed by atoms with Gasteiger partial charge in [0.2, 0.25) is 65.0 Å². The highest BCUT2D eigenvalue weighted by atomic mass is 16.4. The minimum absolute atomic E-state index is 0.156. The number of rotatable bonds is 33. The number of hydrogen-bond acceptors (Lipinski definition) is 15. The van der Waals surface area contributed by atoms with E-state index in [2.05, 4.69) is 42.5 Å². The quantitative estimate of drug-likeness (QED) is 0.0317. The van der Waals surface area contributed by atoms with E-state index >= 15 is 0 Å². The van der Waals surface area contributed by atoms with Crippen molar-refractivity contribution in [2.24, 2.45) is 35.0 Å². The Bertz CT molecular complexity index is 2230. The van der Waals surface area contributed by atoms with Crippen LogP contribution in [0, 0.1) is 17.8 Å². The third-order valence-corrected chi connectivity index (χ3v) is 11.9. The number of hydrogen-bond donors (Lipinski definition) is 15. The maximum absolute atomic E-state index is 14.2. The third-order valence-electron chi connectivity index (χ3n) is 11.9. The molecule has 0 spiro atoms. The molecule has 18 N–H and O–H groups in total. The smallest absolute Gasteiger partial charge is 0.322 e. The van der Waals surface area contributed by atoms with Gasteiger partial charge in [0, 0.05) is 12.8 Å². The Morgan fingerprint density at radius 3 is 1.37 bits per heavy atom. The molecule has 1 aromatic carbocycles. The van der Waals surface area contributed by atoms with Gasteiger partial charge in [-0.25, -0.2) is 0 Å². The molecular weight excluding hydrogens is 989 g/mol. The molecule has 0 aliphatic rings. The van der Waals surface area contributed by atoms with E-state index in [1.54, 1.807) is 41.5 Å². The Morgan fingerprint density at radius 2 is 0.920 bits per heavy atom. The van der Waals surface area contributed by atoms with Crippen LogP contribution in [0.4, 0.5) is 0 Å². The highest BCUT2D eigenvalue weighted by Crippen LogP contribution is 2.15. The van der Waals surface area contributed by atoms with Crippen LogP contribution in [0.15, 0.2) is 24.3 Å². The van der Waals surface area contributed by atoms with Crippen LogP contribution in [-0.2, 0) is 68.7 Å². The van der Waals surface area contributed by atoms with Gasteiger partial charge in [0.25, 0.3) is 0 Å². The molecular formula is C47H74N12O16. The van der Waals surface area contributed by atoms with E-state index in [0.717, 1.165) is 0 Å². The average Bonchev–Trinajstić information content (AvgIpc) is 3.33. The van der Waals surface area contributed by atoms with E-state index in [1.807, 2.05) is 5.32 Å². The summed E-state index contributed by atoms with van der Waals surface area (Å²) in [6.07, 6.45) is -2.20. The minimum atomic E-state index is -1.92. The number of aromatic hydroxyl groups is 1. The number of carbonyl (C=O) groups excluding carboxylic acids is 11. The molecule has 11 amide bonds. The fourth-order valence-corrected chi connectivity index (χ4v) is 6.80. The van der Waals surface area contributed by atoms with Gasteiger partial charge < -0.3 is 80.4 Å². The van der Waals surface area contributed by atoms with Crippen LogP contribution in [0.25, 0.3) is 0 Å². The fourth-order valence-electron chi connectivity index (χ4n) is 6.80. The second-order valence-electron chi connectivity index (χ2n) is 18.5. The summed E-state index contributed by atoms with van der Waals surface area (Å²) in [5, 5.41) is 50.0. The van der Waals surface area contributed by atoms with Gasteiger partial charge >= 0.3 is 11.9 Å². The number of phenolic OH excluding ortho intramolecular Hbond substituents is 1. The first-order valence-corrected chi connectivity index (χ1v) is 24.2. The largest absolute Gasteiger partial charge is 0.508 e. The van der Waals surface area contributed by atoms with Gasteiger partial charge in [-0.2, -0.15) is 0 Å². The number of primary amides is 2. The van der Waals surface area contributed by atoms with Crippen LogP contribution in [0.5, 0.6) is 5.75 Å². The van der Waals surface area contributed by atoms with Crippen LogP contribution in [0.2, 0.25) is 0 Å². The number of carboxylic acid groups (broad SMARTS) is 2. The first kappa shape index (κ1) is 65.1. The second-order valence-corrected chi connectivity index (χ2v) is 18.5. The zero-order valence-corrected chi connectivity index (χ0v) is 43.3. The van der Waals surface area contributed by atoms with E-state index in [4.69, 9.17) is 22.3 Å². The van der Waals surface area contributed by atoms with Gasteiger partial charge in [-0.3, -0.25) is 62.3 Å². The lowest BCUT2D eigenvalue weighted by molar-refractivity contribution is -0.142. The highest BCUT2D eigenvalue weighted by molar-refractivity contribution is 5.99. The topological polar surface area (TPSA) is 469 Å². The molecule has 2 unspecified atom stereocenters. The monoisotopic (exact) mass is 1060 g/mol. The lowest BCUT2D eigenvalue weighted by atomic mass is 9.96. The Morgan fingerprint density at radius 1 is 0.493 bits per heavy atom. The predicted octanol–water partition coefficient (Wildman–Crippen LogP) is -4.26. The number of aliphatic carboxylic acids is 2.